The van der Waals surface area contributed by atoms with E-state index < -0.39 is 0 Å². The minimum atomic E-state index is -0.187. The Labute approximate surface area is 138 Å². The molecular weight excluding hydrogens is 325 g/mol. The van der Waals surface area contributed by atoms with Gasteiger partial charge in [0.05, 0.1) is 20.9 Å². The van der Waals surface area contributed by atoms with Gasteiger partial charge in [-0.3, -0.25) is 4.98 Å². The highest BCUT2D eigenvalue weighted by atomic mass is 35.5. The van der Waals surface area contributed by atoms with Crippen molar-refractivity contribution in [2.24, 2.45) is 0 Å². The standard InChI is InChI=1S/C17H12Cl3N/c18-14-8-6-12(9-16(14)20)15(19)10-13-7-5-11-3-1-2-4-17(11)21-13/h1-9,15H,10H2. The zero-order valence-corrected chi connectivity index (χ0v) is 13.3. The number of hydrogen-bond acceptors (Lipinski definition) is 1. The van der Waals surface area contributed by atoms with Crippen molar-refractivity contribution in [3.63, 3.8) is 0 Å². The normalized spacial score (nSPS) is 12.5. The highest BCUT2D eigenvalue weighted by molar-refractivity contribution is 6.42. The molecule has 1 heterocycles. The summed E-state index contributed by atoms with van der Waals surface area (Å²) in [6, 6.07) is 17.6. The van der Waals surface area contributed by atoms with Gasteiger partial charge in [-0.25, -0.2) is 0 Å². The number of halogens is 3. The average Bonchev–Trinajstić information content (AvgIpc) is 2.50. The third-order valence-corrected chi connectivity index (χ3v) is 4.50. The summed E-state index contributed by atoms with van der Waals surface area (Å²) in [5, 5.41) is 2.00. The number of alkyl halides is 1. The van der Waals surface area contributed by atoms with Crippen molar-refractivity contribution in [1.29, 1.82) is 0 Å². The van der Waals surface area contributed by atoms with E-state index in [1.165, 1.54) is 0 Å². The molecule has 0 amide bonds. The Hall–Kier alpha value is -1.28. The van der Waals surface area contributed by atoms with Gasteiger partial charge < -0.3 is 0 Å². The maximum absolute atomic E-state index is 6.47. The van der Waals surface area contributed by atoms with Crippen LogP contribution in [0, 0.1) is 0 Å². The fourth-order valence-electron chi connectivity index (χ4n) is 2.23. The molecule has 4 heteroatoms. The summed E-state index contributed by atoms with van der Waals surface area (Å²) in [4.78, 5) is 4.64. The second-order valence-electron chi connectivity index (χ2n) is 4.84. The van der Waals surface area contributed by atoms with Gasteiger partial charge in [-0.05, 0) is 29.8 Å². The van der Waals surface area contributed by atoms with Gasteiger partial charge in [-0.1, -0.05) is 53.5 Å². The summed E-state index contributed by atoms with van der Waals surface area (Å²) in [5.74, 6) is 0. The third kappa shape index (κ3) is 3.32. The first-order valence-corrected chi connectivity index (χ1v) is 7.76. The van der Waals surface area contributed by atoms with Crippen LogP contribution < -0.4 is 0 Å². The molecule has 0 aliphatic heterocycles. The largest absolute Gasteiger partial charge is 0.253 e. The van der Waals surface area contributed by atoms with Crippen molar-refractivity contribution >= 4 is 45.7 Å². The summed E-state index contributed by atoms with van der Waals surface area (Å²) in [5.41, 5.74) is 2.88. The summed E-state index contributed by atoms with van der Waals surface area (Å²) < 4.78 is 0. The van der Waals surface area contributed by atoms with E-state index in [1.54, 1.807) is 6.07 Å². The van der Waals surface area contributed by atoms with Gasteiger partial charge in [-0.2, -0.15) is 0 Å². The number of aromatic nitrogens is 1. The van der Waals surface area contributed by atoms with Crippen LogP contribution in [0.4, 0.5) is 0 Å². The zero-order chi connectivity index (χ0) is 14.8. The van der Waals surface area contributed by atoms with E-state index >= 15 is 0 Å². The Morgan fingerprint density at radius 2 is 1.71 bits per heavy atom. The number of benzene rings is 2. The molecule has 3 rings (SSSR count). The van der Waals surface area contributed by atoms with Crippen LogP contribution in [0.5, 0.6) is 0 Å². The Bertz CT molecular complexity index is 786. The van der Waals surface area contributed by atoms with Crippen molar-refractivity contribution in [3.05, 3.63) is 75.9 Å². The molecule has 0 N–H and O–H groups in total. The molecule has 0 bridgehead atoms. The van der Waals surface area contributed by atoms with Crippen LogP contribution in [-0.2, 0) is 6.42 Å². The molecule has 2 aromatic carbocycles. The smallest absolute Gasteiger partial charge is 0.0705 e. The van der Waals surface area contributed by atoms with Crippen LogP contribution in [0.3, 0.4) is 0 Å². The lowest BCUT2D eigenvalue weighted by Gasteiger charge is -2.11. The van der Waals surface area contributed by atoms with Crippen LogP contribution in [0.2, 0.25) is 10.0 Å². The van der Waals surface area contributed by atoms with E-state index in [0.29, 0.717) is 16.5 Å². The van der Waals surface area contributed by atoms with Crippen molar-refractivity contribution in [3.8, 4) is 0 Å². The molecular formula is C17H12Cl3N. The molecule has 1 atom stereocenters. The molecule has 1 unspecified atom stereocenters. The number of hydrogen-bond donors (Lipinski definition) is 0. The minimum Gasteiger partial charge on any atom is -0.253 e. The predicted molar refractivity (Wildman–Crippen MR) is 90.5 cm³/mol. The van der Waals surface area contributed by atoms with E-state index in [2.05, 4.69) is 11.1 Å². The van der Waals surface area contributed by atoms with Crippen LogP contribution in [-0.4, -0.2) is 4.98 Å². The van der Waals surface area contributed by atoms with Gasteiger partial charge in [0.15, 0.2) is 0 Å². The number of para-hydroxylation sites is 1. The quantitative estimate of drug-likeness (QED) is 0.529. The fraction of sp³-hybridized carbons (Fsp3) is 0.118. The molecule has 0 saturated carbocycles. The van der Waals surface area contributed by atoms with Crippen LogP contribution in [0.25, 0.3) is 10.9 Å². The summed E-state index contributed by atoms with van der Waals surface area (Å²) in [6.07, 6.45) is 0.643. The summed E-state index contributed by atoms with van der Waals surface area (Å²) in [6.45, 7) is 0. The van der Waals surface area contributed by atoms with Gasteiger partial charge in [0.25, 0.3) is 0 Å². The molecule has 106 valence electrons. The van der Waals surface area contributed by atoms with Crippen LogP contribution in [0.15, 0.2) is 54.6 Å². The van der Waals surface area contributed by atoms with Gasteiger partial charge >= 0.3 is 0 Å². The second kappa shape index (κ2) is 6.23. The molecule has 3 aromatic rings. The molecule has 21 heavy (non-hydrogen) atoms. The van der Waals surface area contributed by atoms with Gasteiger partial charge in [0.1, 0.15) is 0 Å². The van der Waals surface area contributed by atoms with E-state index in [0.717, 1.165) is 22.2 Å². The maximum atomic E-state index is 6.47. The summed E-state index contributed by atoms with van der Waals surface area (Å²) >= 11 is 18.4. The first-order valence-electron chi connectivity index (χ1n) is 6.57. The Morgan fingerprint density at radius 1 is 0.905 bits per heavy atom. The van der Waals surface area contributed by atoms with Crippen molar-refractivity contribution < 1.29 is 0 Å². The number of fused-ring (bicyclic) bond motifs is 1. The first-order chi connectivity index (χ1) is 10.1. The van der Waals surface area contributed by atoms with Gasteiger partial charge in [-0.15, -0.1) is 11.6 Å². The number of nitrogens with zero attached hydrogens (tertiary/aromatic N) is 1. The highest BCUT2D eigenvalue weighted by Gasteiger charge is 2.12. The van der Waals surface area contributed by atoms with Crippen molar-refractivity contribution in [1.82, 2.24) is 4.98 Å². The monoisotopic (exact) mass is 335 g/mol. The van der Waals surface area contributed by atoms with Gasteiger partial charge in [0.2, 0.25) is 0 Å². The third-order valence-electron chi connectivity index (χ3n) is 3.35. The maximum Gasteiger partial charge on any atom is 0.0705 e. The molecule has 0 fully saturated rings. The average molecular weight is 337 g/mol. The van der Waals surface area contributed by atoms with E-state index in [4.69, 9.17) is 34.8 Å². The topological polar surface area (TPSA) is 12.9 Å². The molecule has 0 saturated heterocycles. The van der Waals surface area contributed by atoms with E-state index in [9.17, 15) is 0 Å². The minimum absolute atomic E-state index is 0.187. The molecule has 0 spiro atoms. The zero-order valence-electron chi connectivity index (χ0n) is 11.1. The molecule has 1 nitrogen and oxygen atoms in total. The Kier molecular flexibility index (Phi) is 4.34. The number of pyridine rings is 1. The predicted octanol–water partition coefficient (Wildman–Crippen LogP) is 6.06. The molecule has 0 aliphatic carbocycles. The lowest BCUT2D eigenvalue weighted by molar-refractivity contribution is 0.888. The molecule has 1 aromatic heterocycles. The second-order valence-corrected chi connectivity index (χ2v) is 6.18. The highest BCUT2D eigenvalue weighted by Crippen LogP contribution is 2.30. The lowest BCUT2D eigenvalue weighted by atomic mass is 10.1. The van der Waals surface area contributed by atoms with Crippen LogP contribution >= 0.6 is 34.8 Å². The van der Waals surface area contributed by atoms with Crippen LogP contribution in [0.1, 0.15) is 16.6 Å². The molecule has 0 radical (unpaired) electrons. The number of rotatable bonds is 3. The molecule has 0 aliphatic rings. The summed E-state index contributed by atoms with van der Waals surface area (Å²) in [7, 11) is 0. The Balaban J connectivity index is 1.85. The Morgan fingerprint density at radius 3 is 2.52 bits per heavy atom. The fourth-order valence-corrected chi connectivity index (χ4v) is 2.83. The van der Waals surface area contributed by atoms with E-state index in [1.807, 2.05) is 42.5 Å². The van der Waals surface area contributed by atoms with Crippen molar-refractivity contribution in [2.75, 3.05) is 0 Å². The SMILES string of the molecule is Clc1ccc(C(Cl)Cc2ccc3ccccc3n2)cc1Cl. The van der Waals surface area contributed by atoms with Crippen molar-refractivity contribution in [2.45, 2.75) is 11.8 Å². The lowest BCUT2D eigenvalue weighted by Crippen LogP contribution is -1.98. The van der Waals surface area contributed by atoms with Gasteiger partial charge in [0, 0.05) is 17.5 Å². The first kappa shape index (κ1) is 14.6. The van der Waals surface area contributed by atoms with E-state index in [-0.39, 0.29) is 5.38 Å².